The zero-order valence-electron chi connectivity index (χ0n) is 18.1. The molecule has 0 atom stereocenters. The molecule has 0 saturated carbocycles. The van der Waals surface area contributed by atoms with E-state index in [1.807, 2.05) is 26.8 Å². The van der Waals surface area contributed by atoms with E-state index in [2.05, 4.69) is 15.1 Å². The first-order valence-corrected chi connectivity index (χ1v) is 9.74. The molecule has 0 N–H and O–H groups in total. The Morgan fingerprint density at radius 1 is 1.06 bits per heavy atom. The van der Waals surface area contributed by atoms with Gasteiger partial charge in [0.2, 0.25) is 5.91 Å². The third kappa shape index (κ3) is 4.92. The highest BCUT2D eigenvalue weighted by Gasteiger charge is 2.33. The lowest BCUT2D eigenvalue weighted by Gasteiger charge is -2.20. The Hall–Kier alpha value is -3.23. The molecule has 9 heteroatoms. The maximum absolute atomic E-state index is 13.2. The molecule has 6 nitrogen and oxygen atoms in total. The van der Waals surface area contributed by atoms with Crippen molar-refractivity contribution in [3.8, 4) is 5.95 Å². The minimum absolute atomic E-state index is 0.0210. The van der Waals surface area contributed by atoms with Crippen LogP contribution in [0, 0.1) is 27.7 Å². The van der Waals surface area contributed by atoms with E-state index in [0.717, 1.165) is 23.1 Å². The Labute approximate surface area is 178 Å². The summed E-state index contributed by atoms with van der Waals surface area (Å²) in [6.07, 6.45) is -4.45. The molecule has 0 saturated heterocycles. The van der Waals surface area contributed by atoms with E-state index in [1.165, 1.54) is 30.1 Å². The molecule has 3 aromatic rings. The molecule has 0 aliphatic rings. The van der Waals surface area contributed by atoms with Crippen molar-refractivity contribution in [1.29, 1.82) is 0 Å². The molecule has 0 fully saturated rings. The van der Waals surface area contributed by atoms with Crippen LogP contribution in [0.3, 0.4) is 0 Å². The van der Waals surface area contributed by atoms with Crippen LogP contribution in [0.15, 0.2) is 30.3 Å². The number of likely N-dealkylation sites (N-methyl/N-ethyl adjacent to an activating group) is 1. The first-order chi connectivity index (χ1) is 14.5. The predicted octanol–water partition coefficient (Wildman–Crippen LogP) is 4.12. The Morgan fingerprint density at radius 3 is 2.29 bits per heavy atom. The lowest BCUT2D eigenvalue weighted by atomic mass is 10.1. The summed E-state index contributed by atoms with van der Waals surface area (Å²) >= 11 is 0. The van der Waals surface area contributed by atoms with Gasteiger partial charge in [-0.2, -0.15) is 18.3 Å². The number of hydrogen-bond donors (Lipinski definition) is 0. The van der Waals surface area contributed by atoms with Gasteiger partial charge in [0.1, 0.15) is 0 Å². The summed E-state index contributed by atoms with van der Waals surface area (Å²) in [5.41, 5.74) is 3.01. The van der Waals surface area contributed by atoms with Gasteiger partial charge in [-0.15, -0.1) is 0 Å². The fraction of sp³-hybridized carbons (Fsp3) is 0.364. The number of carbonyl (C=O) groups is 1. The summed E-state index contributed by atoms with van der Waals surface area (Å²) in [4.78, 5) is 22.9. The van der Waals surface area contributed by atoms with Crippen molar-refractivity contribution in [2.24, 2.45) is 0 Å². The highest BCUT2D eigenvalue weighted by Crippen LogP contribution is 2.32. The molecule has 0 aliphatic heterocycles. The summed E-state index contributed by atoms with van der Waals surface area (Å²) in [7, 11) is 1.50. The van der Waals surface area contributed by atoms with Crippen LogP contribution >= 0.6 is 0 Å². The van der Waals surface area contributed by atoms with Crippen LogP contribution in [0.4, 0.5) is 13.2 Å². The third-order valence-corrected chi connectivity index (χ3v) is 5.09. The molecule has 1 amide bonds. The number of aromatic nitrogens is 4. The van der Waals surface area contributed by atoms with Crippen molar-refractivity contribution >= 4 is 5.91 Å². The molecule has 164 valence electrons. The summed E-state index contributed by atoms with van der Waals surface area (Å²) in [5, 5.41) is 4.48. The van der Waals surface area contributed by atoms with E-state index in [9.17, 15) is 18.0 Å². The van der Waals surface area contributed by atoms with Gasteiger partial charge in [0.25, 0.3) is 5.95 Å². The molecular weight excluding hydrogens is 407 g/mol. The fourth-order valence-electron chi connectivity index (χ4n) is 3.49. The van der Waals surface area contributed by atoms with Crippen LogP contribution in [0.1, 0.15) is 39.5 Å². The maximum Gasteiger partial charge on any atom is 0.416 e. The monoisotopic (exact) mass is 431 g/mol. The lowest BCUT2D eigenvalue weighted by molar-refractivity contribution is -0.139. The minimum Gasteiger partial charge on any atom is -0.341 e. The average Bonchev–Trinajstić information content (AvgIpc) is 2.95. The highest BCUT2D eigenvalue weighted by atomic mass is 19.4. The van der Waals surface area contributed by atoms with Gasteiger partial charge in [-0.05, 0) is 45.4 Å². The molecule has 0 radical (unpaired) electrons. The second-order valence-electron chi connectivity index (χ2n) is 7.59. The maximum atomic E-state index is 13.2. The quantitative estimate of drug-likeness (QED) is 0.610. The number of nitrogens with zero attached hydrogens (tertiary/aromatic N) is 5. The average molecular weight is 431 g/mol. The van der Waals surface area contributed by atoms with Gasteiger partial charge in [0.15, 0.2) is 0 Å². The zero-order chi connectivity index (χ0) is 22.9. The normalized spacial score (nSPS) is 11.6. The van der Waals surface area contributed by atoms with Gasteiger partial charge in [0, 0.05) is 36.2 Å². The summed E-state index contributed by atoms with van der Waals surface area (Å²) in [5.74, 6) is 0.119. The Bertz CT molecular complexity index is 1100. The number of hydrogen-bond acceptors (Lipinski definition) is 4. The van der Waals surface area contributed by atoms with Crippen molar-refractivity contribution < 1.29 is 18.0 Å². The van der Waals surface area contributed by atoms with Crippen LogP contribution in [-0.4, -0.2) is 37.6 Å². The van der Waals surface area contributed by atoms with Crippen molar-refractivity contribution in [2.45, 2.75) is 46.8 Å². The van der Waals surface area contributed by atoms with Crippen molar-refractivity contribution in [1.82, 2.24) is 24.6 Å². The van der Waals surface area contributed by atoms with Gasteiger partial charge in [-0.1, -0.05) is 18.2 Å². The Kier molecular flexibility index (Phi) is 6.15. The molecule has 1 aromatic carbocycles. The molecule has 0 unspecified atom stereocenters. The van der Waals surface area contributed by atoms with E-state index < -0.39 is 11.7 Å². The number of alkyl halides is 3. The number of benzene rings is 1. The van der Waals surface area contributed by atoms with Crippen molar-refractivity contribution in [3.63, 3.8) is 0 Å². The van der Waals surface area contributed by atoms with Gasteiger partial charge in [-0.3, -0.25) is 4.79 Å². The Balaban J connectivity index is 1.82. The SMILES string of the molecule is Cc1cc(C)nc(-n2nc(C)c(CC(=O)N(C)Cc3ccccc3C(F)(F)F)c2C)n1. The molecular formula is C22H24F3N5O. The standard InChI is InChI=1S/C22H24F3N5O/c1-13-10-14(2)27-21(26-13)30-16(4)18(15(3)28-30)11-20(31)29(5)12-17-8-6-7-9-19(17)22(23,24)25/h6-10H,11-12H2,1-5H3. The third-order valence-electron chi connectivity index (χ3n) is 5.09. The van der Waals surface area contributed by atoms with Crippen molar-refractivity contribution in [3.05, 3.63) is 69.8 Å². The number of aryl methyl sites for hydroxylation is 3. The second-order valence-corrected chi connectivity index (χ2v) is 7.59. The van der Waals surface area contributed by atoms with Gasteiger partial charge in [-0.25, -0.2) is 14.6 Å². The van der Waals surface area contributed by atoms with E-state index in [4.69, 9.17) is 0 Å². The van der Waals surface area contributed by atoms with Crippen LogP contribution in [0.2, 0.25) is 0 Å². The van der Waals surface area contributed by atoms with E-state index in [1.54, 1.807) is 11.6 Å². The highest BCUT2D eigenvalue weighted by molar-refractivity contribution is 5.79. The second kappa shape index (κ2) is 8.49. The first-order valence-electron chi connectivity index (χ1n) is 9.74. The van der Waals surface area contributed by atoms with Crippen LogP contribution in [-0.2, 0) is 23.9 Å². The van der Waals surface area contributed by atoms with E-state index in [-0.39, 0.29) is 24.4 Å². The summed E-state index contributed by atoms with van der Waals surface area (Å²) < 4.78 is 41.3. The molecule has 3 rings (SSSR count). The summed E-state index contributed by atoms with van der Waals surface area (Å²) in [6.45, 7) is 7.20. The van der Waals surface area contributed by atoms with Crippen LogP contribution in [0.25, 0.3) is 5.95 Å². The van der Waals surface area contributed by atoms with Crippen LogP contribution < -0.4 is 0 Å². The molecule has 2 heterocycles. The largest absolute Gasteiger partial charge is 0.416 e. The molecule has 2 aromatic heterocycles. The minimum atomic E-state index is -4.47. The van der Waals surface area contributed by atoms with Crippen molar-refractivity contribution in [2.75, 3.05) is 7.05 Å². The van der Waals surface area contributed by atoms with E-state index >= 15 is 0 Å². The Morgan fingerprint density at radius 2 is 1.68 bits per heavy atom. The van der Waals surface area contributed by atoms with Gasteiger partial charge < -0.3 is 4.90 Å². The topological polar surface area (TPSA) is 63.9 Å². The summed E-state index contributed by atoms with van der Waals surface area (Å²) in [6, 6.07) is 7.14. The molecule has 0 bridgehead atoms. The molecule has 31 heavy (non-hydrogen) atoms. The molecule has 0 spiro atoms. The number of carbonyl (C=O) groups excluding carboxylic acids is 1. The number of halogens is 3. The number of amides is 1. The van der Waals surface area contributed by atoms with Crippen LogP contribution in [0.5, 0.6) is 0 Å². The van der Waals surface area contributed by atoms with Gasteiger partial charge >= 0.3 is 6.18 Å². The zero-order valence-corrected chi connectivity index (χ0v) is 18.1. The predicted molar refractivity (Wildman–Crippen MR) is 110 cm³/mol. The van der Waals surface area contributed by atoms with E-state index in [0.29, 0.717) is 17.2 Å². The first kappa shape index (κ1) is 22.5. The molecule has 0 aliphatic carbocycles. The smallest absolute Gasteiger partial charge is 0.341 e. The fourth-order valence-corrected chi connectivity index (χ4v) is 3.49. The number of rotatable bonds is 5. The van der Waals surface area contributed by atoms with Gasteiger partial charge in [0.05, 0.1) is 17.7 Å². The lowest BCUT2D eigenvalue weighted by Crippen LogP contribution is -2.29.